The number of amides is 1. The predicted octanol–water partition coefficient (Wildman–Crippen LogP) is 2.87. The summed E-state index contributed by atoms with van der Waals surface area (Å²) in [7, 11) is -1.28. The summed E-state index contributed by atoms with van der Waals surface area (Å²) in [4.78, 5) is 23.0. The molecule has 1 aliphatic carbocycles. The molecule has 0 aliphatic heterocycles. The monoisotopic (exact) mass is 394 g/mol. The van der Waals surface area contributed by atoms with Gasteiger partial charge in [0.05, 0.1) is 5.41 Å². The van der Waals surface area contributed by atoms with Gasteiger partial charge < -0.3 is 15.9 Å². The van der Waals surface area contributed by atoms with Crippen LogP contribution in [0.3, 0.4) is 0 Å². The zero-order valence-corrected chi connectivity index (χ0v) is 17.3. The van der Waals surface area contributed by atoms with Gasteiger partial charge in [-0.3, -0.25) is 9.59 Å². The predicted molar refractivity (Wildman–Crippen MR) is 104 cm³/mol. The van der Waals surface area contributed by atoms with Crippen molar-refractivity contribution in [2.75, 3.05) is 0 Å². The highest BCUT2D eigenvalue weighted by atomic mass is 31.1. The van der Waals surface area contributed by atoms with Gasteiger partial charge >= 0.3 is 14.4 Å². The molecule has 0 saturated heterocycles. The van der Waals surface area contributed by atoms with E-state index in [0.29, 0.717) is 0 Å². The van der Waals surface area contributed by atoms with E-state index in [4.69, 9.17) is 5.73 Å². The van der Waals surface area contributed by atoms with Crippen molar-refractivity contribution in [3.8, 4) is 0 Å². The Hall–Kier alpha value is -1.78. The largest absolute Gasteiger partial charge is 0.481 e. The fourth-order valence-electron chi connectivity index (χ4n) is 4.05. The minimum Gasteiger partial charge on any atom is -0.481 e. The first kappa shape index (κ1) is 21.5. The molecular formula is C20H29NO5P+. The Labute approximate surface area is 161 Å². The highest BCUT2D eigenvalue weighted by Crippen LogP contribution is 2.50. The number of carboxylic acid groups (broad SMARTS) is 1. The first-order valence-electron chi connectivity index (χ1n) is 9.13. The molecule has 0 bridgehead atoms. The number of aryl methyl sites for hydroxylation is 1. The number of hydrogen-bond donors (Lipinski definition) is 3. The quantitative estimate of drug-likeness (QED) is 0.586. The second kappa shape index (κ2) is 7.33. The minimum atomic E-state index is -2.04. The number of hydrogen-bond acceptors (Lipinski definition) is 4. The topological polar surface area (TPSA) is 118 Å². The molecule has 27 heavy (non-hydrogen) atoms. The maximum absolute atomic E-state index is 12.1. The number of rotatable bonds is 8. The van der Waals surface area contributed by atoms with E-state index in [9.17, 15) is 24.4 Å². The fourth-order valence-corrected chi connectivity index (χ4v) is 4.86. The van der Waals surface area contributed by atoms with E-state index in [-0.39, 0.29) is 18.3 Å². The lowest BCUT2D eigenvalue weighted by molar-refractivity contribution is -0.150. The molecule has 0 radical (unpaired) electrons. The van der Waals surface area contributed by atoms with E-state index >= 15 is 0 Å². The number of carbonyl (C=O) groups excluding carboxylic acids is 1. The Kier molecular flexibility index (Phi) is 5.84. The summed E-state index contributed by atoms with van der Waals surface area (Å²) in [6.07, 6.45) is 1.64. The Morgan fingerprint density at radius 1 is 1.33 bits per heavy atom. The van der Waals surface area contributed by atoms with Crippen LogP contribution in [0.1, 0.15) is 63.6 Å². The van der Waals surface area contributed by atoms with E-state index in [0.717, 1.165) is 18.4 Å². The molecule has 3 atom stereocenters. The van der Waals surface area contributed by atoms with Crippen molar-refractivity contribution in [1.82, 2.24) is 0 Å². The van der Waals surface area contributed by atoms with Gasteiger partial charge in [0.2, 0.25) is 5.91 Å². The number of aliphatic carboxylic acids is 1. The fraction of sp³-hybridized carbons (Fsp3) is 0.600. The van der Waals surface area contributed by atoms with Crippen molar-refractivity contribution >= 4 is 20.3 Å². The van der Waals surface area contributed by atoms with Crippen LogP contribution in [-0.2, 0) is 31.4 Å². The molecule has 0 fully saturated rings. The average Bonchev–Trinajstić information content (AvgIpc) is 2.88. The lowest BCUT2D eigenvalue weighted by atomic mass is 9.71. The van der Waals surface area contributed by atoms with Gasteiger partial charge in [0.1, 0.15) is 5.92 Å². The second-order valence-corrected chi connectivity index (χ2v) is 9.61. The number of aliphatic hydroxyl groups is 1. The normalized spacial score (nSPS) is 19.3. The molecule has 0 spiro atoms. The third-order valence-electron chi connectivity index (χ3n) is 6.17. The molecule has 7 heteroatoms. The molecule has 148 valence electrons. The van der Waals surface area contributed by atoms with Gasteiger partial charge in [-0.2, -0.15) is 0 Å². The zero-order valence-electron chi connectivity index (χ0n) is 16.3. The molecule has 1 aromatic carbocycles. The molecule has 4 N–H and O–H groups in total. The molecule has 1 aromatic rings. The van der Waals surface area contributed by atoms with Gasteiger partial charge in [-0.05, 0) is 55.2 Å². The summed E-state index contributed by atoms with van der Waals surface area (Å²) in [5.41, 5.74) is 7.19. The lowest BCUT2D eigenvalue weighted by Gasteiger charge is -2.37. The van der Waals surface area contributed by atoms with Crippen LogP contribution in [0.4, 0.5) is 0 Å². The van der Waals surface area contributed by atoms with Gasteiger partial charge in [-0.15, -0.1) is 0 Å². The zero-order chi connectivity index (χ0) is 20.6. The third-order valence-corrected chi connectivity index (χ3v) is 7.45. The number of carbonyl (C=O) groups is 2. The van der Waals surface area contributed by atoms with Crippen molar-refractivity contribution in [3.05, 3.63) is 34.9 Å². The first-order chi connectivity index (χ1) is 12.4. The summed E-state index contributed by atoms with van der Waals surface area (Å²) in [5, 5.41) is 18.9. The molecule has 2 rings (SSSR count). The van der Waals surface area contributed by atoms with Crippen molar-refractivity contribution in [2.45, 2.75) is 69.6 Å². The van der Waals surface area contributed by atoms with Crippen LogP contribution in [0.25, 0.3) is 0 Å². The SMILES string of the molecule is CC1(C)CCc2ccc(C(C)(C)C(O)([PH+]=O)C(CCC(N)=O)C(=O)O)cc21. The van der Waals surface area contributed by atoms with Crippen LogP contribution in [0.5, 0.6) is 0 Å². The highest BCUT2D eigenvalue weighted by molar-refractivity contribution is 7.26. The molecule has 6 nitrogen and oxygen atoms in total. The summed E-state index contributed by atoms with van der Waals surface area (Å²) in [6.45, 7) is 7.71. The van der Waals surface area contributed by atoms with Gasteiger partial charge in [-0.1, -0.05) is 36.6 Å². The Bertz CT molecular complexity index is 774. The van der Waals surface area contributed by atoms with Crippen LogP contribution in [0.15, 0.2) is 18.2 Å². The number of benzene rings is 1. The molecule has 3 unspecified atom stereocenters. The molecule has 0 aromatic heterocycles. The van der Waals surface area contributed by atoms with Crippen molar-refractivity contribution in [1.29, 1.82) is 0 Å². The molecule has 1 amide bonds. The van der Waals surface area contributed by atoms with Crippen LogP contribution in [0.2, 0.25) is 0 Å². The number of carboxylic acids is 1. The molecule has 1 aliphatic rings. The van der Waals surface area contributed by atoms with Crippen LogP contribution >= 0.6 is 8.46 Å². The van der Waals surface area contributed by atoms with E-state index in [1.807, 2.05) is 18.2 Å². The molecule has 0 heterocycles. The third kappa shape index (κ3) is 3.78. The van der Waals surface area contributed by atoms with E-state index in [2.05, 4.69) is 13.8 Å². The highest BCUT2D eigenvalue weighted by Gasteiger charge is 2.60. The number of nitrogens with two attached hydrogens (primary N) is 1. The summed E-state index contributed by atoms with van der Waals surface area (Å²) < 4.78 is 12.1. The van der Waals surface area contributed by atoms with Crippen LogP contribution in [-0.4, -0.2) is 27.4 Å². The summed E-state index contributed by atoms with van der Waals surface area (Å²) in [5.74, 6) is -3.33. The van der Waals surface area contributed by atoms with Crippen molar-refractivity contribution in [3.63, 3.8) is 0 Å². The summed E-state index contributed by atoms with van der Waals surface area (Å²) in [6, 6.07) is 5.88. The molecule has 0 saturated carbocycles. The number of fused-ring (bicyclic) bond motifs is 1. The first-order valence-corrected chi connectivity index (χ1v) is 10.0. The van der Waals surface area contributed by atoms with Gasteiger partial charge in [0.25, 0.3) is 5.34 Å². The Balaban J connectivity index is 2.52. The van der Waals surface area contributed by atoms with Gasteiger partial charge in [-0.25, -0.2) is 0 Å². The maximum Gasteiger partial charge on any atom is 0.361 e. The number of primary amides is 1. The summed E-state index contributed by atoms with van der Waals surface area (Å²) >= 11 is 0. The second-order valence-electron chi connectivity index (χ2n) is 8.65. The lowest BCUT2D eigenvalue weighted by Crippen LogP contribution is -2.52. The Morgan fingerprint density at radius 2 is 1.96 bits per heavy atom. The van der Waals surface area contributed by atoms with Crippen molar-refractivity contribution < 1.29 is 24.4 Å². The van der Waals surface area contributed by atoms with E-state index in [1.165, 1.54) is 11.1 Å². The van der Waals surface area contributed by atoms with Gasteiger partial charge in [0, 0.05) is 6.42 Å². The van der Waals surface area contributed by atoms with E-state index < -0.39 is 37.0 Å². The van der Waals surface area contributed by atoms with Crippen molar-refractivity contribution in [2.24, 2.45) is 11.7 Å². The van der Waals surface area contributed by atoms with Crippen LogP contribution < -0.4 is 5.73 Å². The van der Waals surface area contributed by atoms with E-state index in [1.54, 1.807) is 13.8 Å². The standard InChI is InChI=1S/C20H28NO5P/c1-18(2)10-9-12-5-6-13(11-15(12)18)19(3,4)20(25,27-26)14(17(23)24)7-8-16(21)22/h5-6,11,14,25H,7-10H2,1-4H3,(H2,21,22)(H,23,24)/p+1. The molecular weight excluding hydrogens is 365 g/mol. The maximum atomic E-state index is 12.1. The smallest absolute Gasteiger partial charge is 0.361 e. The minimum absolute atomic E-state index is 0.00252. The van der Waals surface area contributed by atoms with Crippen LogP contribution in [0, 0.1) is 5.92 Å². The Morgan fingerprint density at radius 3 is 2.48 bits per heavy atom. The van der Waals surface area contributed by atoms with Gasteiger partial charge in [0.15, 0.2) is 0 Å². The average molecular weight is 394 g/mol.